The van der Waals surface area contributed by atoms with E-state index < -0.39 is 0 Å². The minimum atomic E-state index is 0.294. The summed E-state index contributed by atoms with van der Waals surface area (Å²) in [6.07, 6.45) is 2.37. The van der Waals surface area contributed by atoms with Gasteiger partial charge in [-0.2, -0.15) is 0 Å². The third-order valence-electron chi connectivity index (χ3n) is 4.43. The molecule has 0 aromatic heterocycles. The molecule has 4 heteroatoms. The number of nitrogens with zero attached hydrogens (tertiary/aromatic N) is 1. The predicted octanol–water partition coefficient (Wildman–Crippen LogP) is 3.42. The first-order valence-corrected chi connectivity index (χ1v) is 8.21. The number of benzene rings is 1. The minimum Gasteiger partial charge on any atom is -0.496 e. The smallest absolute Gasteiger partial charge is 0.133 e. The van der Waals surface area contributed by atoms with Crippen LogP contribution in [0.1, 0.15) is 32.3 Å². The van der Waals surface area contributed by atoms with Crippen molar-refractivity contribution >= 4 is 15.9 Å². The summed E-state index contributed by atoms with van der Waals surface area (Å²) in [6, 6.07) is 6.36. The number of methoxy groups -OCH3 is 1. The van der Waals surface area contributed by atoms with E-state index >= 15 is 0 Å². The number of halogens is 1. The molecular weight excluding hydrogens is 316 g/mol. The van der Waals surface area contributed by atoms with Crippen molar-refractivity contribution in [3.8, 4) is 5.75 Å². The Morgan fingerprint density at radius 3 is 2.70 bits per heavy atom. The monoisotopic (exact) mass is 340 g/mol. The molecule has 0 amide bonds. The van der Waals surface area contributed by atoms with Crippen molar-refractivity contribution in [2.45, 2.75) is 38.8 Å². The van der Waals surface area contributed by atoms with E-state index in [0.717, 1.165) is 36.4 Å². The van der Waals surface area contributed by atoms with E-state index in [-0.39, 0.29) is 0 Å². The molecule has 3 nitrogen and oxygen atoms in total. The lowest BCUT2D eigenvalue weighted by atomic mass is 9.90. The Labute approximate surface area is 130 Å². The highest BCUT2D eigenvalue weighted by Gasteiger charge is 2.31. The zero-order valence-corrected chi connectivity index (χ0v) is 14.3. The van der Waals surface area contributed by atoms with Crippen LogP contribution in [0.3, 0.4) is 0 Å². The summed E-state index contributed by atoms with van der Waals surface area (Å²) in [7, 11) is 1.70. The molecule has 0 atom stereocenters. The van der Waals surface area contributed by atoms with Crippen molar-refractivity contribution in [3.63, 3.8) is 0 Å². The van der Waals surface area contributed by atoms with Gasteiger partial charge in [-0.3, -0.25) is 4.90 Å². The van der Waals surface area contributed by atoms with E-state index in [1.54, 1.807) is 7.11 Å². The van der Waals surface area contributed by atoms with Crippen LogP contribution < -0.4 is 10.1 Å². The van der Waals surface area contributed by atoms with Crippen LogP contribution in [0.2, 0.25) is 0 Å². The molecule has 112 valence electrons. The summed E-state index contributed by atoms with van der Waals surface area (Å²) in [6.45, 7) is 8.90. The Hall–Kier alpha value is -0.580. The van der Waals surface area contributed by atoms with Crippen LogP contribution in [0.4, 0.5) is 0 Å². The first-order chi connectivity index (χ1) is 9.62. The van der Waals surface area contributed by atoms with E-state index in [1.165, 1.54) is 18.4 Å². The van der Waals surface area contributed by atoms with E-state index in [4.69, 9.17) is 4.74 Å². The quantitative estimate of drug-likeness (QED) is 0.888. The fraction of sp³-hybridized carbons (Fsp3) is 0.625. The molecule has 1 aromatic rings. The summed E-state index contributed by atoms with van der Waals surface area (Å²) < 4.78 is 6.32. The fourth-order valence-corrected chi connectivity index (χ4v) is 3.56. The Bertz CT molecular complexity index is 446. The van der Waals surface area contributed by atoms with Gasteiger partial charge < -0.3 is 10.1 Å². The molecule has 1 aliphatic heterocycles. The number of rotatable bonds is 5. The maximum absolute atomic E-state index is 5.29. The molecule has 0 unspecified atom stereocenters. The first kappa shape index (κ1) is 15.8. The molecule has 0 bridgehead atoms. The van der Waals surface area contributed by atoms with Crippen molar-refractivity contribution in [1.82, 2.24) is 10.2 Å². The molecule has 1 N–H and O–H groups in total. The Balaban J connectivity index is 2.04. The molecule has 1 saturated heterocycles. The second-order valence-corrected chi connectivity index (χ2v) is 6.45. The fourth-order valence-electron chi connectivity index (χ4n) is 2.97. The molecular formula is C16H25BrN2O. The zero-order valence-electron chi connectivity index (χ0n) is 12.7. The standard InChI is InChI=1S/C16H25BrN2O/c1-4-16(5-2)12-19(9-8-18-16)11-13-6-7-15(20-3)14(17)10-13/h6-7,10,18H,4-5,8-9,11-12H2,1-3H3. The summed E-state index contributed by atoms with van der Waals surface area (Å²) in [5.41, 5.74) is 1.63. The van der Waals surface area contributed by atoms with Gasteiger partial charge in [-0.15, -0.1) is 0 Å². The molecule has 1 fully saturated rings. The van der Waals surface area contributed by atoms with Crippen LogP contribution in [-0.4, -0.2) is 37.2 Å². The molecule has 1 heterocycles. The molecule has 0 aliphatic carbocycles. The van der Waals surface area contributed by atoms with Crippen LogP contribution >= 0.6 is 15.9 Å². The lowest BCUT2D eigenvalue weighted by molar-refractivity contribution is 0.118. The summed E-state index contributed by atoms with van der Waals surface area (Å²) in [5.74, 6) is 0.894. The van der Waals surface area contributed by atoms with Crippen molar-refractivity contribution in [2.75, 3.05) is 26.7 Å². The molecule has 0 radical (unpaired) electrons. The van der Waals surface area contributed by atoms with Crippen molar-refractivity contribution in [3.05, 3.63) is 28.2 Å². The molecule has 1 aliphatic rings. The van der Waals surface area contributed by atoms with Crippen molar-refractivity contribution in [1.29, 1.82) is 0 Å². The second kappa shape index (κ2) is 6.92. The van der Waals surface area contributed by atoms with Gasteiger partial charge in [-0.05, 0) is 46.5 Å². The van der Waals surface area contributed by atoms with Crippen LogP contribution in [0.15, 0.2) is 22.7 Å². The number of hydrogen-bond donors (Lipinski definition) is 1. The molecule has 2 rings (SSSR count). The summed E-state index contributed by atoms with van der Waals surface area (Å²) in [5, 5.41) is 3.71. The van der Waals surface area contributed by atoms with Crippen LogP contribution in [-0.2, 0) is 6.54 Å². The van der Waals surface area contributed by atoms with E-state index in [0.29, 0.717) is 5.54 Å². The first-order valence-electron chi connectivity index (χ1n) is 7.42. The highest BCUT2D eigenvalue weighted by atomic mass is 79.9. The van der Waals surface area contributed by atoms with Gasteiger partial charge in [0.05, 0.1) is 11.6 Å². The average molecular weight is 341 g/mol. The van der Waals surface area contributed by atoms with Gasteiger partial charge in [0.15, 0.2) is 0 Å². The average Bonchev–Trinajstić information content (AvgIpc) is 2.47. The largest absolute Gasteiger partial charge is 0.496 e. The molecule has 1 aromatic carbocycles. The lowest BCUT2D eigenvalue weighted by Gasteiger charge is -2.43. The highest BCUT2D eigenvalue weighted by molar-refractivity contribution is 9.10. The minimum absolute atomic E-state index is 0.294. The Kier molecular flexibility index (Phi) is 5.47. The topological polar surface area (TPSA) is 24.5 Å². The number of piperazine rings is 1. The number of ether oxygens (including phenoxy) is 1. The third-order valence-corrected chi connectivity index (χ3v) is 5.05. The maximum Gasteiger partial charge on any atom is 0.133 e. The summed E-state index contributed by atoms with van der Waals surface area (Å²) >= 11 is 3.57. The van der Waals surface area contributed by atoms with Gasteiger partial charge >= 0.3 is 0 Å². The van der Waals surface area contributed by atoms with E-state index in [2.05, 4.69) is 52.1 Å². The van der Waals surface area contributed by atoms with Gasteiger partial charge in [-0.25, -0.2) is 0 Å². The molecule has 0 spiro atoms. The molecule has 20 heavy (non-hydrogen) atoms. The maximum atomic E-state index is 5.29. The van der Waals surface area contributed by atoms with E-state index in [1.807, 2.05) is 6.07 Å². The third kappa shape index (κ3) is 3.54. The zero-order chi connectivity index (χ0) is 14.6. The Morgan fingerprint density at radius 2 is 2.10 bits per heavy atom. The second-order valence-electron chi connectivity index (χ2n) is 5.59. The van der Waals surface area contributed by atoms with Crippen LogP contribution in [0.5, 0.6) is 5.75 Å². The van der Waals surface area contributed by atoms with Crippen LogP contribution in [0.25, 0.3) is 0 Å². The Morgan fingerprint density at radius 1 is 1.35 bits per heavy atom. The van der Waals surface area contributed by atoms with Crippen molar-refractivity contribution < 1.29 is 4.74 Å². The van der Waals surface area contributed by atoms with Crippen molar-refractivity contribution in [2.24, 2.45) is 0 Å². The van der Waals surface area contributed by atoms with Crippen LogP contribution in [0, 0.1) is 0 Å². The summed E-state index contributed by atoms with van der Waals surface area (Å²) in [4.78, 5) is 2.55. The highest BCUT2D eigenvalue weighted by Crippen LogP contribution is 2.27. The van der Waals surface area contributed by atoms with Gasteiger partial charge in [-0.1, -0.05) is 19.9 Å². The van der Waals surface area contributed by atoms with Gasteiger partial charge in [0.1, 0.15) is 5.75 Å². The normalized spacial score (nSPS) is 19.0. The predicted molar refractivity (Wildman–Crippen MR) is 87.3 cm³/mol. The van der Waals surface area contributed by atoms with Gasteiger partial charge in [0, 0.05) is 31.7 Å². The van der Waals surface area contributed by atoms with Gasteiger partial charge in [0.2, 0.25) is 0 Å². The lowest BCUT2D eigenvalue weighted by Crippen LogP contribution is -2.59. The number of nitrogens with one attached hydrogen (secondary N) is 1. The SMILES string of the molecule is CCC1(CC)CN(Cc2ccc(OC)c(Br)c2)CCN1. The molecule has 0 saturated carbocycles. The number of hydrogen-bond acceptors (Lipinski definition) is 3. The van der Waals surface area contributed by atoms with E-state index in [9.17, 15) is 0 Å². The van der Waals surface area contributed by atoms with Gasteiger partial charge in [0.25, 0.3) is 0 Å².